The maximum atomic E-state index is 13.4. The van der Waals surface area contributed by atoms with Crippen molar-refractivity contribution >= 4 is 27.3 Å². The van der Waals surface area contributed by atoms with Gasteiger partial charge in [0.2, 0.25) is 10.0 Å². The summed E-state index contributed by atoms with van der Waals surface area (Å²) in [4.78, 5) is -0.533. The van der Waals surface area contributed by atoms with Gasteiger partial charge >= 0.3 is 0 Å². The topological polar surface area (TPSA) is 72.2 Å². The number of sulfonamides is 1. The highest BCUT2D eigenvalue weighted by Crippen LogP contribution is 2.25. The van der Waals surface area contributed by atoms with Crippen LogP contribution in [0.2, 0.25) is 5.02 Å². The molecule has 4 nitrogen and oxygen atoms in total. The van der Waals surface area contributed by atoms with E-state index in [0.29, 0.717) is 0 Å². The molecule has 1 aromatic carbocycles. The third kappa shape index (κ3) is 2.58. The Morgan fingerprint density at radius 1 is 1.53 bits per heavy atom. The largest absolute Gasteiger partial charge is 0.399 e. The van der Waals surface area contributed by atoms with E-state index in [2.05, 4.69) is 4.72 Å². The average Bonchev–Trinajstić information content (AvgIpc) is 2.11. The lowest BCUT2D eigenvalue weighted by atomic mass is 10.3. The van der Waals surface area contributed by atoms with Crippen LogP contribution in [0.4, 0.5) is 10.1 Å². The van der Waals surface area contributed by atoms with Crippen molar-refractivity contribution in [2.24, 2.45) is 0 Å². The lowest BCUT2D eigenvalue weighted by Crippen LogP contribution is -2.24. The Hall–Kier alpha value is -0.850. The Bertz CT molecular complexity index is 476. The Labute approximate surface area is 92.3 Å². The maximum absolute atomic E-state index is 13.4. The van der Waals surface area contributed by atoms with Crippen LogP contribution < -0.4 is 10.5 Å². The number of nitrogen functional groups attached to an aromatic ring is 1. The number of hydrogen-bond acceptors (Lipinski definition) is 3. The smallest absolute Gasteiger partial charge is 0.243 e. The molecule has 1 aromatic rings. The maximum Gasteiger partial charge on any atom is 0.243 e. The van der Waals surface area contributed by atoms with E-state index in [1.54, 1.807) is 6.92 Å². The number of anilines is 1. The molecule has 0 bridgehead atoms. The molecule has 0 radical (unpaired) electrons. The summed E-state index contributed by atoms with van der Waals surface area (Å²) in [5, 5.41) is -0.313. The van der Waals surface area contributed by atoms with Crippen LogP contribution in [0, 0.1) is 5.82 Å². The van der Waals surface area contributed by atoms with E-state index < -0.39 is 20.7 Å². The van der Waals surface area contributed by atoms with Crippen LogP contribution in [0.15, 0.2) is 17.0 Å². The number of hydrogen-bond donors (Lipinski definition) is 2. The summed E-state index contributed by atoms with van der Waals surface area (Å²) in [5.74, 6) is -0.994. The fourth-order valence-electron chi connectivity index (χ4n) is 1.05. The first-order valence-electron chi connectivity index (χ1n) is 4.12. The SMILES string of the molecule is CCNS(=O)(=O)c1cc(N)cc(Cl)c1F. The lowest BCUT2D eigenvalue weighted by molar-refractivity contribution is 0.559. The van der Waals surface area contributed by atoms with Gasteiger partial charge in [0.25, 0.3) is 0 Å². The second-order valence-electron chi connectivity index (χ2n) is 2.82. The van der Waals surface area contributed by atoms with Crippen LogP contribution in [0.1, 0.15) is 6.92 Å². The van der Waals surface area contributed by atoms with Crippen molar-refractivity contribution in [3.8, 4) is 0 Å². The zero-order chi connectivity index (χ0) is 11.6. The van der Waals surface area contributed by atoms with Crippen molar-refractivity contribution in [2.75, 3.05) is 12.3 Å². The standard InChI is InChI=1S/C8H10ClFN2O2S/c1-2-12-15(13,14)7-4-5(11)3-6(9)8(7)10/h3-4,12H,2,11H2,1H3. The van der Waals surface area contributed by atoms with E-state index in [1.165, 1.54) is 0 Å². The van der Waals surface area contributed by atoms with E-state index in [0.717, 1.165) is 12.1 Å². The van der Waals surface area contributed by atoms with Gasteiger partial charge in [-0.05, 0) is 12.1 Å². The van der Waals surface area contributed by atoms with Crippen molar-refractivity contribution in [1.82, 2.24) is 4.72 Å². The molecule has 0 heterocycles. The molecule has 0 aliphatic heterocycles. The molecule has 0 aliphatic carbocycles. The van der Waals surface area contributed by atoms with Crippen molar-refractivity contribution < 1.29 is 12.8 Å². The summed E-state index contributed by atoms with van der Waals surface area (Å²) in [7, 11) is -3.88. The molecule has 0 atom stereocenters. The highest BCUT2D eigenvalue weighted by atomic mass is 35.5. The van der Waals surface area contributed by atoms with Crippen LogP contribution in [-0.4, -0.2) is 15.0 Å². The van der Waals surface area contributed by atoms with Crippen LogP contribution in [0.3, 0.4) is 0 Å². The number of nitrogens with two attached hydrogens (primary N) is 1. The van der Waals surface area contributed by atoms with Crippen LogP contribution in [-0.2, 0) is 10.0 Å². The van der Waals surface area contributed by atoms with Gasteiger partial charge < -0.3 is 5.73 Å². The van der Waals surface area contributed by atoms with E-state index in [1.807, 2.05) is 0 Å². The van der Waals surface area contributed by atoms with Crippen molar-refractivity contribution in [2.45, 2.75) is 11.8 Å². The van der Waals surface area contributed by atoms with E-state index in [9.17, 15) is 12.8 Å². The van der Waals surface area contributed by atoms with Gasteiger partial charge in [0.1, 0.15) is 4.90 Å². The molecule has 0 aromatic heterocycles. The Morgan fingerprint density at radius 2 is 2.13 bits per heavy atom. The van der Waals surface area contributed by atoms with Gasteiger partial charge in [-0.1, -0.05) is 18.5 Å². The molecule has 3 N–H and O–H groups in total. The minimum atomic E-state index is -3.88. The molecule has 15 heavy (non-hydrogen) atoms. The quantitative estimate of drug-likeness (QED) is 0.798. The second kappa shape index (κ2) is 4.34. The molecule has 0 unspecified atom stereocenters. The second-order valence-corrected chi connectivity index (χ2v) is 4.96. The number of halogens is 2. The molecular formula is C8H10ClFN2O2S. The summed E-state index contributed by atoms with van der Waals surface area (Å²) in [6.45, 7) is 1.75. The minimum Gasteiger partial charge on any atom is -0.399 e. The van der Waals surface area contributed by atoms with Gasteiger partial charge in [-0.25, -0.2) is 17.5 Å². The summed E-state index contributed by atoms with van der Waals surface area (Å²) in [6.07, 6.45) is 0. The van der Waals surface area contributed by atoms with Crippen molar-refractivity contribution in [1.29, 1.82) is 0 Å². The van der Waals surface area contributed by atoms with E-state index in [4.69, 9.17) is 17.3 Å². The molecule has 1 rings (SSSR count). The van der Waals surface area contributed by atoms with Crippen LogP contribution in [0.5, 0.6) is 0 Å². The molecule has 0 saturated carbocycles. The number of rotatable bonds is 3. The third-order valence-corrected chi connectivity index (χ3v) is 3.46. The molecule has 0 spiro atoms. The predicted octanol–water partition coefficient (Wildman–Crippen LogP) is 1.36. The molecule has 7 heteroatoms. The zero-order valence-electron chi connectivity index (χ0n) is 7.92. The van der Waals surface area contributed by atoms with Crippen LogP contribution in [0.25, 0.3) is 0 Å². The Balaban J connectivity index is 3.38. The van der Waals surface area contributed by atoms with Crippen molar-refractivity contribution in [3.05, 3.63) is 23.0 Å². The fraction of sp³-hybridized carbons (Fsp3) is 0.250. The highest BCUT2D eigenvalue weighted by Gasteiger charge is 2.20. The number of benzene rings is 1. The molecular weight excluding hydrogens is 243 g/mol. The summed E-state index contributed by atoms with van der Waals surface area (Å²) in [5.41, 5.74) is 5.47. The fourth-order valence-corrected chi connectivity index (χ4v) is 2.50. The van der Waals surface area contributed by atoms with Gasteiger partial charge in [-0.2, -0.15) is 0 Å². The van der Waals surface area contributed by atoms with Gasteiger partial charge in [-0.3, -0.25) is 0 Å². The zero-order valence-corrected chi connectivity index (χ0v) is 9.49. The van der Waals surface area contributed by atoms with E-state index >= 15 is 0 Å². The summed E-state index contributed by atoms with van der Waals surface area (Å²) < 4.78 is 38.5. The van der Waals surface area contributed by atoms with Gasteiger partial charge in [0.15, 0.2) is 5.82 Å². The molecule has 0 saturated heterocycles. The van der Waals surface area contributed by atoms with Crippen LogP contribution >= 0.6 is 11.6 Å². The molecule has 0 fully saturated rings. The van der Waals surface area contributed by atoms with Gasteiger partial charge in [0, 0.05) is 12.2 Å². The Morgan fingerprint density at radius 3 is 2.67 bits per heavy atom. The third-order valence-electron chi connectivity index (χ3n) is 1.64. The first-order valence-corrected chi connectivity index (χ1v) is 5.98. The molecule has 84 valence electrons. The monoisotopic (exact) mass is 252 g/mol. The average molecular weight is 253 g/mol. The first-order chi connectivity index (χ1) is 6.88. The van der Waals surface area contributed by atoms with Crippen molar-refractivity contribution in [3.63, 3.8) is 0 Å². The number of nitrogens with one attached hydrogen (secondary N) is 1. The first kappa shape index (κ1) is 12.2. The predicted molar refractivity (Wildman–Crippen MR) is 56.7 cm³/mol. The van der Waals surface area contributed by atoms with Gasteiger partial charge in [0.05, 0.1) is 5.02 Å². The normalized spacial score (nSPS) is 11.7. The minimum absolute atomic E-state index is 0.0953. The Kier molecular flexibility index (Phi) is 3.54. The lowest BCUT2D eigenvalue weighted by Gasteiger charge is -2.07. The molecule has 0 aliphatic rings. The summed E-state index contributed by atoms with van der Waals surface area (Å²) in [6, 6.07) is 2.18. The van der Waals surface area contributed by atoms with E-state index in [-0.39, 0.29) is 17.3 Å². The highest BCUT2D eigenvalue weighted by molar-refractivity contribution is 7.89. The molecule has 0 amide bonds. The summed E-state index contributed by atoms with van der Waals surface area (Å²) >= 11 is 5.48. The van der Waals surface area contributed by atoms with Gasteiger partial charge in [-0.15, -0.1) is 0 Å².